The smallest absolute Gasteiger partial charge is 0.407 e. The third-order valence-corrected chi connectivity index (χ3v) is 4.66. The molecule has 0 fully saturated rings. The SMILES string of the molecule is Cc1cccc(OCC(=O)Nc2ccc(CNC(=O)CCNC(=O)OC(C)(C)C)cc2)c1C. The van der Waals surface area contributed by atoms with Crippen LogP contribution in [0.3, 0.4) is 0 Å². The summed E-state index contributed by atoms with van der Waals surface area (Å²) in [5.74, 6) is 0.249. The lowest BCUT2D eigenvalue weighted by atomic mass is 10.1. The number of nitrogens with one attached hydrogen (secondary N) is 3. The van der Waals surface area contributed by atoms with Crippen molar-refractivity contribution in [2.45, 2.75) is 53.2 Å². The molecule has 0 unspecified atom stereocenters. The molecular weight excluding hydrogens is 422 g/mol. The monoisotopic (exact) mass is 455 g/mol. The highest BCUT2D eigenvalue weighted by molar-refractivity contribution is 5.91. The van der Waals surface area contributed by atoms with Crippen molar-refractivity contribution < 1.29 is 23.9 Å². The number of benzene rings is 2. The van der Waals surface area contributed by atoms with Gasteiger partial charge < -0.3 is 25.4 Å². The molecule has 0 saturated heterocycles. The number of rotatable bonds is 9. The molecule has 0 saturated carbocycles. The predicted octanol–water partition coefficient (Wildman–Crippen LogP) is 3.85. The van der Waals surface area contributed by atoms with Crippen molar-refractivity contribution in [3.63, 3.8) is 0 Å². The molecule has 3 amide bonds. The van der Waals surface area contributed by atoms with Gasteiger partial charge in [0, 0.05) is 25.2 Å². The van der Waals surface area contributed by atoms with Crippen LogP contribution in [0.2, 0.25) is 0 Å². The highest BCUT2D eigenvalue weighted by Gasteiger charge is 2.15. The van der Waals surface area contributed by atoms with Gasteiger partial charge in [0.2, 0.25) is 5.91 Å². The third-order valence-electron chi connectivity index (χ3n) is 4.66. The molecule has 0 aliphatic heterocycles. The van der Waals surface area contributed by atoms with Crippen LogP contribution in [0.4, 0.5) is 10.5 Å². The van der Waals surface area contributed by atoms with Crippen molar-refractivity contribution in [3.8, 4) is 5.75 Å². The van der Waals surface area contributed by atoms with Crippen LogP contribution in [-0.2, 0) is 20.9 Å². The molecule has 0 radical (unpaired) electrons. The first-order valence-corrected chi connectivity index (χ1v) is 10.8. The minimum absolute atomic E-state index is 0.0839. The van der Waals surface area contributed by atoms with Gasteiger partial charge in [0.05, 0.1) is 0 Å². The molecule has 0 bridgehead atoms. The summed E-state index contributed by atoms with van der Waals surface area (Å²) in [6.45, 7) is 9.72. The Balaban J connectivity index is 1.69. The molecule has 2 rings (SSSR count). The van der Waals surface area contributed by atoms with Crippen LogP contribution in [0, 0.1) is 13.8 Å². The Morgan fingerprint density at radius 3 is 2.27 bits per heavy atom. The maximum atomic E-state index is 12.2. The number of anilines is 1. The molecule has 2 aromatic rings. The summed E-state index contributed by atoms with van der Waals surface area (Å²) in [5.41, 5.74) is 3.06. The average molecular weight is 456 g/mol. The van der Waals surface area contributed by atoms with Gasteiger partial charge in [-0.25, -0.2) is 4.79 Å². The van der Waals surface area contributed by atoms with Gasteiger partial charge in [0.1, 0.15) is 11.4 Å². The minimum atomic E-state index is -0.578. The van der Waals surface area contributed by atoms with Crippen LogP contribution in [0.1, 0.15) is 43.9 Å². The van der Waals surface area contributed by atoms with E-state index >= 15 is 0 Å². The molecule has 178 valence electrons. The summed E-state index contributed by atoms with van der Waals surface area (Å²) in [6.07, 6.45) is -0.402. The molecule has 33 heavy (non-hydrogen) atoms. The van der Waals surface area contributed by atoms with Crippen molar-refractivity contribution in [2.75, 3.05) is 18.5 Å². The first-order valence-electron chi connectivity index (χ1n) is 10.8. The second kappa shape index (κ2) is 11.9. The van der Waals surface area contributed by atoms with Crippen molar-refractivity contribution in [1.29, 1.82) is 0 Å². The lowest BCUT2D eigenvalue weighted by Gasteiger charge is -2.19. The number of carbonyl (C=O) groups is 3. The fourth-order valence-electron chi connectivity index (χ4n) is 2.81. The molecular formula is C25H33N3O5. The van der Waals surface area contributed by atoms with Crippen molar-refractivity contribution in [3.05, 3.63) is 59.2 Å². The molecule has 0 aliphatic rings. The highest BCUT2D eigenvalue weighted by atomic mass is 16.6. The Kier molecular flexibility index (Phi) is 9.27. The zero-order chi connectivity index (χ0) is 24.4. The molecule has 8 heteroatoms. The van der Waals surface area contributed by atoms with Crippen LogP contribution in [0.5, 0.6) is 5.75 Å². The standard InChI is InChI=1S/C25H33N3O5/c1-17-7-6-8-21(18(17)2)32-16-23(30)28-20-11-9-19(10-12-20)15-27-22(29)13-14-26-24(31)33-25(3,4)5/h6-12H,13-16H2,1-5H3,(H,26,31)(H,27,29)(H,28,30). The Morgan fingerprint density at radius 2 is 1.61 bits per heavy atom. The Bertz CT molecular complexity index is 965. The van der Waals surface area contributed by atoms with E-state index in [1.807, 2.05) is 44.2 Å². The Morgan fingerprint density at radius 1 is 0.909 bits per heavy atom. The Hall–Kier alpha value is -3.55. The van der Waals surface area contributed by atoms with E-state index in [0.717, 1.165) is 16.7 Å². The number of hydrogen-bond acceptors (Lipinski definition) is 5. The third kappa shape index (κ3) is 9.64. The van der Waals surface area contributed by atoms with Crippen LogP contribution < -0.4 is 20.7 Å². The zero-order valence-corrected chi connectivity index (χ0v) is 19.9. The van der Waals surface area contributed by atoms with E-state index in [1.165, 1.54) is 0 Å². The number of hydrogen-bond donors (Lipinski definition) is 3. The largest absolute Gasteiger partial charge is 0.483 e. The first-order chi connectivity index (χ1) is 15.5. The van der Waals surface area contributed by atoms with E-state index in [9.17, 15) is 14.4 Å². The maximum absolute atomic E-state index is 12.2. The fraction of sp³-hybridized carbons (Fsp3) is 0.400. The van der Waals surface area contributed by atoms with E-state index in [1.54, 1.807) is 32.9 Å². The van der Waals surface area contributed by atoms with Crippen molar-refractivity contribution in [1.82, 2.24) is 10.6 Å². The molecule has 0 aromatic heterocycles. The second-order valence-electron chi connectivity index (χ2n) is 8.69. The summed E-state index contributed by atoms with van der Waals surface area (Å²) in [5, 5.41) is 8.13. The van der Waals surface area contributed by atoms with Crippen molar-refractivity contribution >= 4 is 23.6 Å². The van der Waals surface area contributed by atoms with Gasteiger partial charge in [-0.05, 0) is 69.5 Å². The lowest BCUT2D eigenvalue weighted by Crippen LogP contribution is -2.35. The summed E-state index contributed by atoms with van der Waals surface area (Å²) >= 11 is 0. The normalized spacial score (nSPS) is 10.8. The van der Waals surface area contributed by atoms with Gasteiger partial charge in [-0.1, -0.05) is 24.3 Å². The number of ether oxygens (including phenoxy) is 2. The van der Waals surface area contributed by atoms with Crippen molar-refractivity contribution in [2.24, 2.45) is 0 Å². The Labute approximate surface area is 195 Å². The number of alkyl carbamates (subject to hydrolysis) is 1. The zero-order valence-electron chi connectivity index (χ0n) is 19.9. The number of carbonyl (C=O) groups excluding carboxylic acids is 3. The number of aryl methyl sites for hydroxylation is 1. The number of amides is 3. The van der Waals surface area contributed by atoms with E-state index < -0.39 is 11.7 Å². The average Bonchev–Trinajstić information content (AvgIpc) is 2.73. The molecule has 0 aliphatic carbocycles. The van der Waals surface area contributed by atoms with E-state index in [4.69, 9.17) is 9.47 Å². The van der Waals surface area contributed by atoms with Crippen LogP contribution in [0.25, 0.3) is 0 Å². The topological polar surface area (TPSA) is 106 Å². The maximum Gasteiger partial charge on any atom is 0.407 e. The van der Waals surface area contributed by atoms with Gasteiger partial charge in [-0.15, -0.1) is 0 Å². The van der Waals surface area contributed by atoms with Crippen LogP contribution in [0.15, 0.2) is 42.5 Å². The molecule has 0 spiro atoms. The predicted molar refractivity (Wildman–Crippen MR) is 127 cm³/mol. The fourth-order valence-corrected chi connectivity index (χ4v) is 2.81. The quantitative estimate of drug-likeness (QED) is 0.533. The molecule has 2 aromatic carbocycles. The first kappa shape index (κ1) is 25.7. The van der Waals surface area contributed by atoms with Crippen LogP contribution in [-0.4, -0.2) is 36.7 Å². The van der Waals surface area contributed by atoms with Gasteiger partial charge in [0.25, 0.3) is 5.91 Å². The van der Waals surface area contributed by atoms with E-state index in [2.05, 4.69) is 16.0 Å². The van der Waals surface area contributed by atoms with E-state index in [0.29, 0.717) is 18.0 Å². The second-order valence-corrected chi connectivity index (χ2v) is 8.69. The highest BCUT2D eigenvalue weighted by Crippen LogP contribution is 2.20. The summed E-state index contributed by atoms with van der Waals surface area (Å²) in [7, 11) is 0. The summed E-state index contributed by atoms with van der Waals surface area (Å²) in [4.78, 5) is 35.7. The molecule has 0 heterocycles. The molecule has 3 N–H and O–H groups in total. The molecule has 8 nitrogen and oxygen atoms in total. The van der Waals surface area contributed by atoms with Gasteiger partial charge in [-0.2, -0.15) is 0 Å². The van der Waals surface area contributed by atoms with Gasteiger partial charge in [-0.3, -0.25) is 9.59 Å². The van der Waals surface area contributed by atoms with Gasteiger partial charge in [0.15, 0.2) is 6.61 Å². The summed E-state index contributed by atoms with van der Waals surface area (Å²) in [6, 6.07) is 12.9. The minimum Gasteiger partial charge on any atom is -0.483 e. The van der Waals surface area contributed by atoms with Crippen LogP contribution >= 0.6 is 0 Å². The molecule has 0 atom stereocenters. The van der Waals surface area contributed by atoms with E-state index in [-0.39, 0.29) is 31.4 Å². The van der Waals surface area contributed by atoms with Gasteiger partial charge >= 0.3 is 6.09 Å². The lowest BCUT2D eigenvalue weighted by molar-refractivity contribution is -0.121. The summed E-state index contributed by atoms with van der Waals surface area (Å²) < 4.78 is 10.7.